The van der Waals surface area contributed by atoms with Crippen molar-refractivity contribution in [1.82, 2.24) is 19.9 Å². The largest absolute Gasteiger partial charge is 0.327 e. The molecule has 0 aliphatic heterocycles. The van der Waals surface area contributed by atoms with Crippen molar-refractivity contribution in [1.29, 1.82) is 0 Å². The molecule has 1 N–H and O–H groups in total. The first-order valence-corrected chi connectivity index (χ1v) is 7.86. The topological polar surface area (TPSA) is 42.7 Å². The number of rotatable bonds is 5. The first kappa shape index (κ1) is 15.0. The van der Waals surface area contributed by atoms with Gasteiger partial charge in [-0.05, 0) is 37.6 Å². The predicted octanol–water partition coefficient (Wildman–Crippen LogP) is 3.96. The molecule has 4 nitrogen and oxygen atoms in total. The van der Waals surface area contributed by atoms with Crippen LogP contribution in [0.2, 0.25) is 5.15 Å². The Bertz CT molecular complexity index is 764. The number of aryl methyl sites for hydroxylation is 1. The van der Waals surface area contributed by atoms with Gasteiger partial charge >= 0.3 is 0 Å². The first-order chi connectivity index (χ1) is 10.7. The van der Waals surface area contributed by atoms with Crippen LogP contribution in [0.4, 0.5) is 0 Å². The Balaban J connectivity index is 1.79. The minimum absolute atomic E-state index is 0.156. The van der Waals surface area contributed by atoms with E-state index in [2.05, 4.69) is 46.9 Å². The zero-order chi connectivity index (χ0) is 15.5. The van der Waals surface area contributed by atoms with Gasteiger partial charge in [-0.3, -0.25) is 0 Å². The first-order valence-electron chi connectivity index (χ1n) is 7.48. The molecule has 0 radical (unpaired) electrons. The Morgan fingerprint density at radius 3 is 2.77 bits per heavy atom. The fraction of sp³-hybridized carbons (Fsp3) is 0.294. The molecule has 114 valence electrons. The maximum atomic E-state index is 5.81. The van der Waals surface area contributed by atoms with Crippen molar-refractivity contribution in [2.75, 3.05) is 0 Å². The zero-order valence-electron chi connectivity index (χ0n) is 12.8. The average Bonchev–Trinajstić information content (AvgIpc) is 2.92. The Labute approximate surface area is 135 Å². The van der Waals surface area contributed by atoms with Gasteiger partial charge in [0.15, 0.2) is 0 Å². The second kappa shape index (κ2) is 6.46. The molecule has 0 saturated carbocycles. The lowest BCUT2D eigenvalue weighted by Crippen LogP contribution is -2.21. The highest BCUT2D eigenvalue weighted by Crippen LogP contribution is 2.21. The molecule has 0 bridgehead atoms. The van der Waals surface area contributed by atoms with Gasteiger partial charge in [-0.25, -0.2) is 9.97 Å². The Morgan fingerprint density at radius 2 is 2.05 bits per heavy atom. The highest BCUT2D eigenvalue weighted by molar-refractivity contribution is 6.29. The number of benzene rings is 1. The van der Waals surface area contributed by atoms with Gasteiger partial charge < -0.3 is 9.88 Å². The molecule has 2 aromatic heterocycles. The van der Waals surface area contributed by atoms with E-state index in [1.54, 1.807) is 6.20 Å². The van der Waals surface area contributed by atoms with Crippen LogP contribution in [-0.2, 0) is 13.1 Å². The Morgan fingerprint density at radius 1 is 1.23 bits per heavy atom. The summed E-state index contributed by atoms with van der Waals surface area (Å²) in [6.45, 7) is 5.92. The van der Waals surface area contributed by atoms with Crippen molar-refractivity contribution >= 4 is 22.6 Å². The molecule has 1 aromatic carbocycles. The number of aromatic nitrogens is 3. The summed E-state index contributed by atoms with van der Waals surface area (Å²) >= 11 is 5.81. The molecule has 0 aliphatic carbocycles. The van der Waals surface area contributed by atoms with Gasteiger partial charge in [-0.2, -0.15) is 0 Å². The normalized spacial score (nSPS) is 12.7. The van der Waals surface area contributed by atoms with Gasteiger partial charge in [0.2, 0.25) is 0 Å². The molecule has 0 amide bonds. The quantitative estimate of drug-likeness (QED) is 0.725. The number of halogens is 1. The van der Waals surface area contributed by atoms with Gasteiger partial charge in [-0.15, -0.1) is 0 Å². The second-order valence-corrected chi connectivity index (χ2v) is 5.68. The van der Waals surface area contributed by atoms with Crippen LogP contribution < -0.4 is 5.32 Å². The van der Waals surface area contributed by atoms with Crippen molar-refractivity contribution in [2.24, 2.45) is 0 Å². The summed E-state index contributed by atoms with van der Waals surface area (Å²) in [5.41, 5.74) is 3.33. The summed E-state index contributed by atoms with van der Waals surface area (Å²) in [7, 11) is 0. The maximum absolute atomic E-state index is 5.81. The number of hydrogen-bond acceptors (Lipinski definition) is 3. The van der Waals surface area contributed by atoms with Crippen LogP contribution in [0.1, 0.15) is 31.3 Å². The highest BCUT2D eigenvalue weighted by atomic mass is 35.5. The molecule has 22 heavy (non-hydrogen) atoms. The fourth-order valence-corrected chi connectivity index (χ4v) is 2.74. The lowest BCUT2D eigenvalue weighted by atomic mass is 10.2. The highest BCUT2D eigenvalue weighted by Gasteiger charge is 2.15. The van der Waals surface area contributed by atoms with E-state index in [1.165, 1.54) is 5.52 Å². The number of para-hydroxylation sites is 2. The molecule has 0 unspecified atom stereocenters. The van der Waals surface area contributed by atoms with Crippen LogP contribution in [-0.4, -0.2) is 14.5 Å². The molecule has 0 saturated heterocycles. The maximum Gasteiger partial charge on any atom is 0.129 e. The third-order valence-corrected chi connectivity index (χ3v) is 4.01. The number of fused-ring (bicyclic) bond motifs is 1. The van der Waals surface area contributed by atoms with E-state index >= 15 is 0 Å². The monoisotopic (exact) mass is 314 g/mol. The smallest absolute Gasteiger partial charge is 0.129 e. The number of nitrogens with zero attached hydrogens (tertiary/aromatic N) is 3. The predicted molar refractivity (Wildman–Crippen MR) is 89.9 cm³/mol. The Kier molecular flexibility index (Phi) is 4.41. The second-order valence-electron chi connectivity index (χ2n) is 5.29. The minimum Gasteiger partial charge on any atom is -0.327 e. The van der Waals surface area contributed by atoms with Crippen LogP contribution in [0, 0.1) is 0 Å². The molecular formula is C17H19ClN4. The third-order valence-electron chi connectivity index (χ3n) is 3.79. The van der Waals surface area contributed by atoms with Crippen LogP contribution in [0.25, 0.3) is 11.0 Å². The van der Waals surface area contributed by atoms with E-state index < -0.39 is 0 Å². The van der Waals surface area contributed by atoms with Crippen molar-refractivity contribution < 1.29 is 0 Å². The number of pyridine rings is 1. The van der Waals surface area contributed by atoms with E-state index in [4.69, 9.17) is 16.6 Å². The molecule has 5 heteroatoms. The molecule has 3 rings (SSSR count). The third kappa shape index (κ3) is 2.98. The standard InChI is InChI=1S/C17H19ClN4/c1-3-22-15-7-5-4-6-14(15)21-17(22)12(2)19-10-13-8-9-16(18)20-11-13/h4-9,11-12,19H,3,10H2,1-2H3/t12-/m1/s1. The van der Waals surface area contributed by atoms with Crippen molar-refractivity contribution in [3.63, 3.8) is 0 Å². The van der Waals surface area contributed by atoms with Gasteiger partial charge in [0.25, 0.3) is 0 Å². The van der Waals surface area contributed by atoms with Gasteiger partial charge in [0.05, 0.1) is 17.1 Å². The van der Waals surface area contributed by atoms with Gasteiger partial charge in [0.1, 0.15) is 11.0 Å². The summed E-state index contributed by atoms with van der Waals surface area (Å²) < 4.78 is 2.26. The van der Waals surface area contributed by atoms with Gasteiger partial charge in [0, 0.05) is 19.3 Å². The summed E-state index contributed by atoms with van der Waals surface area (Å²) in [6, 6.07) is 12.2. The molecule has 0 spiro atoms. The fourth-order valence-electron chi connectivity index (χ4n) is 2.63. The van der Waals surface area contributed by atoms with E-state index in [0.717, 1.165) is 30.0 Å². The van der Waals surface area contributed by atoms with Crippen LogP contribution in [0.3, 0.4) is 0 Å². The SMILES string of the molecule is CCn1c([C@@H](C)NCc2ccc(Cl)nc2)nc2ccccc21. The van der Waals surface area contributed by atoms with Crippen LogP contribution in [0.5, 0.6) is 0 Å². The van der Waals surface area contributed by atoms with Crippen molar-refractivity contribution in [2.45, 2.75) is 33.0 Å². The van der Waals surface area contributed by atoms with E-state index in [-0.39, 0.29) is 6.04 Å². The lowest BCUT2D eigenvalue weighted by Gasteiger charge is -2.15. The average molecular weight is 315 g/mol. The van der Waals surface area contributed by atoms with Crippen LogP contribution >= 0.6 is 11.6 Å². The zero-order valence-corrected chi connectivity index (χ0v) is 13.5. The number of imidazole rings is 1. The molecule has 0 aliphatic rings. The van der Waals surface area contributed by atoms with E-state index in [0.29, 0.717) is 5.15 Å². The van der Waals surface area contributed by atoms with Gasteiger partial charge in [-0.1, -0.05) is 29.8 Å². The molecular weight excluding hydrogens is 296 g/mol. The summed E-state index contributed by atoms with van der Waals surface area (Å²) in [5.74, 6) is 1.06. The van der Waals surface area contributed by atoms with Crippen LogP contribution in [0.15, 0.2) is 42.6 Å². The summed E-state index contributed by atoms with van der Waals surface area (Å²) in [5, 5.41) is 4.02. The molecule has 1 atom stereocenters. The van der Waals surface area contributed by atoms with Crippen molar-refractivity contribution in [3.05, 3.63) is 59.1 Å². The Hall–Kier alpha value is -1.91. The molecule has 3 aromatic rings. The lowest BCUT2D eigenvalue weighted by molar-refractivity contribution is 0.521. The molecule has 2 heterocycles. The molecule has 0 fully saturated rings. The summed E-state index contributed by atoms with van der Waals surface area (Å²) in [6.07, 6.45) is 1.80. The van der Waals surface area contributed by atoms with Crippen molar-refractivity contribution in [3.8, 4) is 0 Å². The van der Waals surface area contributed by atoms with E-state index in [9.17, 15) is 0 Å². The van der Waals surface area contributed by atoms with E-state index in [1.807, 2.05) is 18.2 Å². The minimum atomic E-state index is 0.156. The number of hydrogen-bond donors (Lipinski definition) is 1. The number of nitrogens with one attached hydrogen (secondary N) is 1. The summed E-state index contributed by atoms with van der Waals surface area (Å²) in [4.78, 5) is 8.88.